The summed E-state index contributed by atoms with van der Waals surface area (Å²) in [7, 11) is 3.96. The second-order valence-electron chi connectivity index (χ2n) is 4.73. The van der Waals surface area contributed by atoms with E-state index in [-0.39, 0.29) is 11.9 Å². The summed E-state index contributed by atoms with van der Waals surface area (Å²) < 4.78 is 7.09. The summed E-state index contributed by atoms with van der Waals surface area (Å²) in [5, 5.41) is 4.57. The fourth-order valence-corrected chi connectivity index (χ4v) is 2.24. The zero-order chi connectivity index (χ0) is 13.1. The first-order valence-electron chi connectivity index (χ1n) is 6.11. The molecule has 0 amide bonds. The molecule has 0 radical (unpaired) electrons. The second kappa shape index (κ2) is 5.82. The highest BCUT2D eigenvalue weighted by atomic mass is 35.5. The van der Waals surface area contributed by atoms with Crippen LogP contribution in [0, 0.1) is 0 Å². The molecule has 1 atom stereocenters. The van der Waals surface area contributed by atoms with Crippen LogP contribution in [0.2, 0.25) is 5.02 Å². The molecule has 1 fully saturated rings. The molecule has 1 saturated heterocycles. The van der Waals surface area contributed by atoms with E-state index in [0.717, 1.165) is 19.4 Å². The van der Waals surface area contributed by atoms with E-state index in [1.54, 1.807) is 4.68 Å². The molecule has 0 bridgehead atoms. The van der Waals surface area contributed by atoms with Crippen LogP contribution in [-0.2, 0) is 11.3 Å². The first-order valence-corrected chi connectivity index (χ1v) is 6.49. The standard InChI is InChI=1S/C12H18ClN3O2/c1-15(2)5-6-16-11(9(13)8-14-16)12(17)10-4-3-7-18-10/h8,10H,3-7H2,1-2H3. The van der Waals surface area contributed by atoms with Gasteiger partial charge in [-0.3, -0.25) is 9.48 Å². The number of ketones is 1. The second-order valence-corrected chi connectivity index (χ2v) is 5.14. The van der Waals surface area contributed by atoms with Crippen molar-refractivity contribution in [1.29, 1.82) is 0 Å². The van der Waals surface area contributed by atoms with Gasteiger partial charge >= 0.3 is 0 Å². The molecule has 0 spiro atoms. The molecule has 2 heterocycles. The summed E-state index contributed by atoms with van der Waals surface area (Å²) in [5.41, 5.74) is 0.477. The topological polar surface area (TPSA) is 47.4 Å². The molecule has 0 saturated carbocycles. The Bertz CT molecular complexity index is 425. The summed E-state index contributed by atoms with van der Waals surface area (Å²) in [5.74, 6) is -0.0474. The molecule has 5 nitrogen and oxygen atoms in total. The van der Waals surface area contributed by atoms with Crippen LogP contribution in [0.4, 0.5) is 0 Å². The number of rotatable bonds is 5. The van der Waals surface area contributed by atoms with E-state index in [1.807, 2.05) is 19.0 Å². The summed E-state index contributed by atoms with van der Waals surface area (Å²) >= 11 is 6.06. The van der Waals surface area contributed by atoms with Crippen LogP contribution in [0.1, 0.15) is 23.3 Å². The quantitative estimate of drug-likeness (QED) is 0.761. The van der Waals surface area contributed by atoms with Gasteiger partial charge in [0.25, 0.3) is 0 Å². The molecular weight excluding hydrogens is 254 g/mol. The first kappa shape index (κ1) is 13.5. The molecule has 2 rings (SSSR count). The van der Waals surface area contributed by atoms with Crippen LogP contribution in [0.5, 0.6) is 0 Å². The van der Waals surface area contributed by atoms with Crippen LogP contribution in [0.25, 0.3) is 0 Å². The van der Waals surface area contributed by atoms with E-state index in [0.29, 0.717) is 23.9 Å². The Morgan fingerprint density at radius 3 is 3.06 bits per heavy atom. The minimum Gasteiger partial charge on any atom is -0.370 e. The molecule has 0 N–H and O–H groups in total. The zero-order valence-electron chi connectivity index (χ0n) is 10.7. The maximum absolute atomic E-state index is 12.3. The van der Waals surface area contributed by atoms with Gasteiger partial charge in [0, 0.05) is 13.2 Å². The molecule has 0 aromatic carbocycles. The van der Waals surface area contributed by atoms with Crippen molar-refractivity contribution in [3.63, 3.8) is 0 Å². The lowest BCUT2D eigenvalue weighted by Crippen LogP contribution is -2.26. The lowest BCUT2D eigenvalue weighted by atomic mass is 10.1. The van der Waals surface area contributed by atoms with Crippen molar-refractivity contribution in [2.45, 2.75) is 25.5 Å². The van der Waals surface area contributed by atoms with Crippen molar-refractivity contribution in [2.75, 3.05) is 27.2 Å². The number of Topliss-reactive ketones (excluding diaryl/α,β-unsaturated/α-hetero) is 1. The molecule has 1 aliphatic rings. The monoisotopic (exact) mass is 271 g/mol. The lowest BCUT2D eigenvalue weighted by Gasteiger charge is -2.13. The van der Waals surface area contributed by atoms with Crippen LogP contribution in [0.3, 0.4) is 0 Å². The van der Waals surface area contributed by atoms with E-state index in [1.165, 1.54) is 6.20 Å². The maximum Gasteiger partial charge on any atom is 0.211 e. The summed E-state index contributed by atoms with van der Waals surface area (Å²) in [6.07, 6.45) is 2.88. The van der Waals surface area contributed by atoms with Crippen molar-refractivity contribution >= 4 is 17.4 Å². The number of likely N-dealkylation sites (N-methyl/N-ethyl adjacent to an activating group) is 1. The van der Waals surface area contributed by atoms with Crippen molar-refractivity contribution in [3.05, 3.63) is 16.9 Å². The molecule has 100 valence electrons. The lowest BCUT2D eigenvalue weighted by molar-refractivity contribution is 0.0631. The molecule has 18 heavy (non-hydrogen) atoms. The molecule has 6 heteroatoms. The van der Waals surface area contributed by atoms with Crippen LogP contribution < -0.4 is 0 Å². The Balaban J connectivity index is 2.14. The third-order valence-corrected chi connectivity index (χ3v) is 3.29. The zero-order valence-corrected chi connectivity index (χ0v) is 11.5. The van der Waals surface area contributed by atoms with Gasteiger partial charge < -0.3 is 9.64 Å². The van der Waals surface area contributed by atoms with E-state index in [2.05, 4.69) is 5.10 Å². The number of ether oxygens (including phenoxy) is 1. The van der Waals surface area contributed by atoms with Gasteiger partial charge in [-0.1, -0.05) is 11.6 Å². The number of carbonyl (C=O) groups is 1. The van der Waals surface area contributed by atoms with Gasteiger partial charge in [-0.2, -0.15) is 5.10 Å². The van der Waals surface area contributed by atoms with Crippen LogP contribution >= 0.6 is 11.6 Å². The summed E-state index contributed by atoms with van der Waals surface area (Å²) in [6.45, 7) is 2.11. The number of hydrogen-bond donors (Lipinski definition) is 0. The van der Waals surface area contributed by atoms with Gasteiger partial charge in [0.05, 0.1) is 17.8 Å². The van der Waals surface area contributed by atoms with Gasteiger partial charge in [-0.15, -0.1) is 0 Å². The van der Waals surface area contributed by atoms with Crippen LogP contribution in [-0.4, -0.2) is 53.8 Å². The van der Waals surface area contributed by atoms with E-state index in [9.17, 15) is 4.79 Å². The highest BCUT2D eigenvalue weighted by Gasteiger charge is 2.29. The van der Waals surface area contributed by atoms with E-state index in [4.69, 9.17) is 16.3 Å². The SMILES string of the molecule is CN(C)CCn1ncc(Cl)c1C(=O)C1CCCO1. The molecule has 0 aliphatic carbocycles. The number of aromatic nitrogens is 2. The third-order valence-electron chi connectivity index (χ3n) is 3.01. The molecule has 1 aliphatic heterocycles. The predicted octanol–water partition coefficient (Wildman–Crippen LogP) is 1.46. The fourth-order valence-electron chi connectivity index (χ4n) is 2.01. The Kier molecular flexibility index (Phi) is 4.37. The summed E-state index contributed by atoms with van der Waals surface area (Å²) in [4.78, 5) is 14.3. The Morgan fingerprint density at radius 2 is 2.44 bits per heavy atom. The summed E-state index contributed by atoms with van der Waals surface area (Å²) in [6, 6.07) is 0. The van der Waals surface area contributed by atoms with Gasteiger partial charge in [0.2, 0.25) is 5.78 Å². The van der Waals surface area contributed by atoms with Gasteiger partial charge in [-0.25, -0.2) is 0 Å². The van der Waals surface area contributed by atoms with Gasteiger partial charge in [0.1, 0.15) is 11.8 Å². The number of halogens is 1. The van der Waals surface area contributed by atoms with Gasteiger partial charge in [-0.05, 0) is 26.9 Å². The predicted molar refractivity (Wildman–Crippen MR) is 69.1 cm³/mol. The minimum atomic E-state index is -0.350. The molecular formula is C12H18ClN3O2. The fraction of sp³-hybridized carbons (Fsp3) is 0.667. The largest absolute Gasteiger partial charge is 0.370 e. The Morgan fingerprint density at radius 1 is 1.67 bits per heavy atom. The van der Waals surface area contributed by atoms with E-state index >= 15 is 0 Å². The average molecular weight is 272 g/mol. The van der Waals surface area contributed by atoms with Crippen molar-refractivity contribution in [3.8, 4) is 0 Å². The van der Waals surface area contributed by atoms with Crippen LogP contribution in [0.15, 0.2) is 6.20 Å². The third kappa shape index (κ3) is 2.91. The minimum absolute atomic E-state index is 0.0474. The highest BCUT2D eigenvalue weighted by molar-refractivity contribution is 6.33. The van der Waals surface area contributed by atoms with Gasteiger partial charge in [0.15, 0.2) is 0 Å². The molecule has 1 unspecified atom stereocenters. The molecule has 1 aromatic heterocycles. The normalized spacial score (nSPS) is 19.7. The maximum atomic E-state index is 12.3. The number of nitrogens with zero attached hydrogens (tertiary/aromatic N) is 3. The number of hydrogen-bond acceptors (Lipinski definition) is 4. The van der Waals surface area contributed by atoms with Crippen molar-refractivity contribution < 1.29 is 9.53 Å². The van der Waals surface area contributed by atoms with Crippen molar-refractivity contribution in [1.82, 2.24) is 14.7 Å². The van der Waals surface area contributed by atoms with E-state index < -0.39 is 0 Å². The smallest absolute Gasteiger partial charge is 0.211 e. The Labute approximate surface area is 112 Å². The Hall–Kier alpha value is -0.910. The average Bonchev–Trinajstić information content (AvgIpc) is 2.94. The molecule has 1 aromatic rings. The van der Waals surface area contributed by atoms with Crippen molar-refractivity contribution in [2.24, 2.45) is 0 Å². The first-order chi connectivity index (χ1) is 8.59. The number of carbonyl (C=O) groups excluding carboxylic acids is 1. The highest BCUT2D eigenvalue weighted by Crippen LogP contribution is 2.22.